The summed E-state index contributed by atoms with van der Waals surface area (Å²) in [7, 11) is 1.60. The summed E-state index contributed by atoms with van der Waals surface area (Å²) in [6, 6.07) is 10.5. The van der Waals surface area contributed by atoms with E-state index in [1.165, 1.54) is 12.3 Å². The first-order valence-electron chi connectivity index (χ1n) is 8.96. The highest BCUT2D eigenvalue weighted by molar-refractivity contribution is 5.98. The standard InChI is InChI=1S/C20H22N4O4/c1-28-17-4-2-15(3-5-17)13-22-19(26)16-6-7-21-18(12-16)20(27)24-10-8-23(14-25)9-11-24/h2-7,12,14H,8-11,13H2,1H3,(H,22,26). The van der Waals surface area contributed by atoms with Crippen molar-refractivity contribution in [3.8, 4) is 5.75 Å². The van der Waals surface area contributed by atoms with Crippen molar-refractivity contribution in [3.63, 3.8) is 0 Å². The molecule has 0 atom stereocenters. The molecule has 8 nitrogen and oxygen atoms in total. The van der Waals surface area contributed by atoms with Gasteiger partial charge < -0.3 is 19.9 Å². The molecule has 3 amide bonds. The summed E-state index contributed by atoms with van der Waals surface area (Å²) in [5, 5.41) is 2.83. The number of aromatic nitrogens is 1. The van der Waals surface area contributed by atoms with Gasteiger partial charge in [-0.1, -0.05) is 12.1 Å². The Morgan fingerprint density at radius 3 is 2.50 bits per heavy atom. The number of ether oxygens (including phenoxy) is 1. The third-order valence-corrected chi connectivity index (χ3v) is 4.60. The van der Waals surface area contributed by atoms with Gasteiger partial charge in [0.1, 0.15) is 11.4 Å². The van der Waals surface area contributed by atoms with Crippen molar-refractivity contribution in [2.75, 3.05) is 33.3 Å². The van der Waals surface area contributed by atoms with Crippen LogP contribution in [-0.4, -0.2) is 66.3 Å². The number of nitrogens with one attached hydrogen (secondary N) is 1. The summed E-state index contributed by atoms with van der Waals surface area (Å²) in [6.07, 6.45) is 2.24. The first-order chi connectivity index (χ1) is 13.6. The molecule has 1 aromatic heterocycles. The van der Waals surface area contributed by atoms with Crippen LogP contribution in [0.1, 0.15) is 26.4 Å². The van der Waals surface area contributed by atoms with Gasteiger partial charge >= 0.3 is 0 Å². The molecule has 28 heavy (non-hydrogen) atoms. The van der Waals surface area contributed by atoms with E-state index in [2.05, 4.69) is 10.3 Å². The number of rotatable bonds is 6. The number of pyridine rings is 1. The van der Waals surface area contributed by atoms with E-state index in [1.807, 2.05) is 24.3 Å². The van der Waals surface area contributed by atoms with Gasteiger partial charge in [-0.25, -0.2) is 0 Å². The Morgan fingerprint density at radius 1 is 1.14 bits per heavy atom. The van der Waals surface area contributed by atoms with Crippen LogP contribution in [0.3, 0.4) is 0 Å². The number of piperazine rings is 1. The zero-order valence-corrected chi connectivity index (χ0v) is 15.6. The maximum atomic E-state index is 12.6. The Hall–Kier alpha value is -3.42. The maximum absolute atomic E-state index is 12.6. The molecule has 8 heteroatoms. The number of nitrogens with zero attached hydrogens (tertiary/aromatic N) is 3. The summed E-state index contributed by atoms with van der Waals surface area (Å²) >= 11 is 0. The predicted molar refractivity (Wildman–Crippen MR) is 102 cm³/mol. The van der Waals surface area contributed by atoms with Gasteiger partial charge in [0.15, 0.2) is 0 Å². The lowest BCUT2D eigenvalue weighted by Gasteiger charge is -2.32. The number of carbonyl (C=O) groups excluding carboxylic acids is 3. The van der Waals surface area contributed by atoms with E-state index >= 15 is 0 Å². The minimum Gasteiger partial charge on any atom is -0.497 e. The Kier molecular flexibility index (Phi) is 6.21. The lowest BCUT2D eigenvalue weighted by atomic mass is 10.1. The average molecular weight is 382 g/mol. The summed E-state index contributed by atoms with van der Waals surface area (Å²) in [5.41, 5.74) is 1.53. The van der Waals surface area contributed by atoms with Crippen molar-refractivity contribution in [1.82, 2.24) is 20.1 Å². The van der Waals surface area contributed by atoms with Gasteiger partial charge in [0.25, 0.3) is 11.8 Å². The average Bonchev–Trinajstić information content (AvgIpc) is 2.77. The molecular weight excluding hydrogens is 360 g/mol. The van der Waals surface area contributed by atoms with E-state index in [-0.39, 0.29) is 17.5 Å². The van der Waals surface area contributed by atoms with Gasteiger partial charge in [-0.3, -0.25) is 19.4 Å². The third-order valence-electron chi connectivity index (χ3n) is 4.60. The second-order valence-corrected chi connectivity index (χ2v) is 6.39. The SMILES string of the molecule is COc1ccc(CNC(=O)c2ccnc(C(=O)N3CCN(C=O)CC3)c2)cc1. The minimum absolute atomic E-state index is 0.219. The number of hydrogen-bond acceptors (Lipinski definition) is 5. The highest BCUT2D eigenvalue weighted by atomic mass is 16.5. The van der Waals surface area contributed by atoms with Crippen molar-refractivity contribution in [2.45, 2.75) is 6.54 Å². The second-order valence-electron chi connectivity index (χ2n) is 6.39. The van der Waals surface area contributed by atoms with E-state index < -0.39 is 0 Å². The van der Waals surface area contributed by atoms with Crippen LogP contribution >= 0.6 is 0 Å². The van der Waals surface area contributed by atoms with Gasteiger partial charge in [-0.05, 0) is 29.8 Å². The summed E-state index contributed by atoms with van der Waals surface area (Å²) < 4.78 is 5.11. The molecule has 1 aliphatic heterocycles. The Balaban J connectivity index is 1.60. The van der Waals surface area contributed by atoms with Crippen molar-refractivity contribution in [2.24, 2.45) is 0 Å². The first-order valence-corrected chi connectivity index (χ1v) is 8.96. The van der Waals surface area contributed by atoms with E-state index in [0.717, 1.165) is 17.7 Å². The molecule has 2 aromatic rings. The van der Waals surface area contributed by atoms with Crippen LogP contribution in [0.15, 0.2) is 42.6 Å². The lowest BCUT2D eigenvalue weighted by Crippen LogP contribution is -2.48. The van der Waals surface area contributed by atoms with Gasteiger partial charge in [-0.2, -0.15) is 0 Å². The molecule has 0 unspecified atom stereocenters. The minimum atomic E-state index is -0.280. The van der Waals surface area contributed by atoms with Crippen molar-refractivity contribution < 1.29 is 19.1 Å². The molecule has 0 aliphatic carbocycles. The van der Waals surface area contributed by atoms with Crippen LogP contribution in [-0.2, 0) is 11.3 Å². The highest BCUT2D eigenvalue weighted by Crippen LogP contribution is 2.12. The molecule has 1 aromatic carbocycles. The highest BCUT2D eigenvalue weighted by Gasteiger charge is 2.22. The molecule has 0 spiro atoms. The number of methoxy groups -OCH3 is 1. The number of carbonyl (C=O) groups is 3. The van der Waals surface area contributed by atoms with Gasteiger partial charge in [0.2, 0.25) is 6.41 Å². The van der Waals surface area contributed by atoms with Crippen LogP contribution in [0.2, 0.25) is 0 Å². The molecular formula is C20H22N4O4. The topological polar surface area (TPSA) is 91.8 Å². The van der Waals surface area contributed by atoms with Crippen LogP contribution in [0, 0.1) is 0 Å². The monoisotopic (exact) mass is 382 g/mol. The van der Waals surface area contributed by atoms with Crippen LogP contribution in [0.25, 0.3) is 0 Å². The maximum Gasteiger partial charge on any atom is 0.272 e. The molecule has 1 N–H and O–H groups in total. The molecule has 3 rings (SSSR count). The molecule has 0 bridgehead atoms. The van der Waals surface area contributed by atoms with Crippen LogP contribution in [0.4, 0.5) is 0 Å². The van der Waals surface area contributed by atoms with Crippen molar-refractivity contribution in [1.29, 1.82) is 0 Å². The molecule has 0 radical (unpaired) electrons. The van der Waals surface area contributed by atoms with Crippen LogP contribution in [0.5, 0.6) is 5.75 Å². The molecule has 2 heterocycles. The first kappa shape index (κ1) is 19.3. The summed E-state index contributed by atoms with van der Waals surface area (Å²) in [4.78, 5) is 43.2. The Labute approximate surface area is 163 Å². The zero-order chi connectivity index (χ0) is 19.9. The summed E-state index contributed by atoms with van der Waals surface area (Å²) in [6.45, 7) is 2.26. The van der Waals surface area contributed by atoms with E-state index in [1.54, 1.807) is 23.0 Å². The molecule has 146 valence electrons. The normalized spacial score (nSPS) is 13.8. The fraction of sp³-hybridized carbons (Fsp3) is 0.300. The molecule has 1 aliphatic rings. The third kappa shape index (κ3) is 4.64. The van der Waals surface area contributed by atoms with E-state index in [9.17, 15) is 14.4 Å². The summed E-state index contributed by atoms with van der Waals surface area (Å²) in [5.74, 6) is 0.231. The number of amides is 3. The number of benzene rings is 1. The quantitative estimate of drug-likeness (QED) is 0.751. The fourth-order valence-electron chi connectivity index (χ4n) is 2.91. The largest absolute Gasteiger partial charge is 0.497 e. The fourth-order valence-corrected chi connectivity index (χ4v) is 2.91. The van der Waals surface area contributed by atoms with Gasteiger partial charge in [0, 0.05) is 44.5 Å². The van der Waals surface area contributed by atoms with E-state index in [0.29, 0.717) is 38.3 Å². The zero-order valence-electron chi connectivity index (χ0n) is 15.6. The number of hydrogen-bond donors (Lipinski definition) is 1. The van der Waals surface area contributed by atoms with Crippen molar-refractivity contribution in [3.05, 3.63) is 59.4 Å². The van der Waals surface area contributed by atoms with Gasteiger partial charge in [-0.15, -0.1) is 0 Å². The van der Waals surface area contributed by atoms with Crippen LogP contribution < -0.4 is 10.1 Å². The van der Waals surface area contributed by atoms with Gasteiger partial charge in [0.05, 0.1) is 7.11 Å². The molecule has 1 saturated heterocycles. The molecule has 1 fully saturated rings. The Bertz CT molecular complexity index is 846. The predicted octanol–water partition coefficient (Wildman–Crippen LogP) is 0.934. The lowest BCUT2D eigenvalue weighted by molar-refractivity contribution is -0.119. The van der Waals surface area contributed by atoms with Crippen molar-refractivity contribution >= 4 is 18.2 Å². The van der Waals surface area contributed by atoms with E-state index in [4.69, 9.17) is 4.74 Å². The Morgan fingerprint density at radius 2 is 1.86 bits per heavy atom. The molecule has 0 saturated carbocycles. The second kappa shape index (κ2) is 8.98. The smallest absolute Gasteiger partial charge is 0.272 e.